The first-order valence-electron chi connectivity index (χ1n) is 10.4. The third kappa shape index (κ3) is 5.82. The molecule has 1 aliphatic heterocycles. The van der Waals surface area contributed by atoms with Crippen molar-refractivity contribution in [2.75, 3.05) is 49.5 Å². The molecule has 1 fully saturated rings. The zero-order valence-corrected chi connectivity index (χ0v) is 17.6. The van der Waals surface area contributed by atoms with Gasteiger partial charge in [-0.25, -0.2) is 9.78 Å². The van der Waals surface area contributed by atoms with Crippen LogP contribution in [-0.4, -0.2) is 60.3 Å². The van der Waals surface area contributed by atoms with E-state index < -0.39 is 0 Å². The minimum atomic E-state index is -0.240. The zero-order chi connectivity index (χ0) is 20.6. The molecule has 1 aliphatic rings. The number of ether oxygens (including phenoxy) is 1. The topological polar surface area (TPSA) is 70.6 Å². The summed E-state index contributed by atoms with van der Waals surface area (Å²) < 4.78 is 5.11. The molecule has 1 amide bonds. The molecule has 1 saturated heterocycles. The van der Waals surface area contributed by atoms with Crippen LogP contribution in [0.3, 0.4) is 0 Å². The molecule has 1 aromatic heterocycles. The monoisotopic (exact) mass is 397 g/mol. The largest absolute Gasteiger partial charge is 0.450 e. The summed E-state index contributed by atoms with van der Waals surface area (Å²) in [6.07, 6.45) is 0.822. The third-order valence-corrected chi connectivity index (χ3v) is 4.92. The number of amides is 1. The number of carbonyl (C=O) groups is 1. The first-order valence-corrected chi connectivity index (χ1v) is 10.4. The van der Waals surface area contributed by atoms with Gasteiger partial charge in [0, 0.05) is 44.4 Å². The Kier molecular flexibility index (Phi) is 7.27. The summed E-state index contributed by atoms with van der Waals surface area (Å²) in [6.45, 7) is 10.2. The minimum Gasteiger partial charge on any atom is -0.450 e. The van der Waals surface area contributed by atoms with Crippen LogP contribution in [0.25, 0.3) is 11.3 Å². The quantitative estimate of drug-likeness (QED) is 0.765. The van der Waals surface area contributed by atoms with Crippen LogP contribution < -0.4 is 10.2 Å². The number of aromatic nitrogens is 2. The molecule has 3 rings (SSSR count). The summed E-state index contributed by atoms with van der Waals surface area (Å²) in [4.78, 5) is 25.4. The second-order valence-corrected chi connectivity index (χ2v) is 7.58. The van der Waals surface area contributed by atoms with Crippen molar-refractivity contribution in [1.82, 2.24) is 14.9 Å². The van der Waals surface area contributed by atoms with Gasteiger partial charge in [-0.1, -0.05) is 44.2 Å². The fourth-order valence-electron chi connectivity index (χ4n) is 3.24. The van der Waals surface area contributed by atoms with Crippen LogP contribution in [0, 0.1) is 5.92 Å². The Balaban J connectivity index is 1.77. The molecule has 0 bridgehead atoms. The Morgan fingerprint density at radius 2 is 1.86 bits per heavy atom. The Bertz CT molecular complexity index is 789. The molecule has 0 spiro atoms. The maximum Gasteiger partial charge on any atom is 0.409 e. The molecule has 156 valence electrons. The number of nitrogens with one attached hydrogen (secondary N) is 1. The van der Waals surface area contributed by atoms with Crippen molar-refractivity contribution in [3.8, 4) is 11.3 Å². The molecular weight excluding hydrogens is 366 g/mol. The zero-order valence-electron chi connectivity index (χ0n) is 17.6. The number of rotatable bonds is 7. The van der Waals surface area contributed by atoms with Gasteiger partial charge in [0.15, 0.2) is 0 Å². The molecule has 0 radical (unpaired) electrons. The highest BCUT2D eigenvalue weighted by Gasteiger charge is 2.23. The van der Waals surface area contributed by atoms with Gasteiger partial charge in [-0.3, -0.25) is 0 Å². The van der Waals surface area contributed by atoms with Crippen LogP contribution >= 0.6 is 0 Å². The molecule has 1 N–H and O–H groups in total. The van der Waals surface area contributed by atoms with E-state index in [4.69, 9.17) is 14.7 Å². The van der Waals surface area contributed by atoms with Gasteiger partial charge in [0.1, 0.15) is 5.82 Å². The summed E-state index contributed by atoms with van der Waals surface area (Å²) in [5, 5.41) is 3.38. The average molecular weight is 398 g/mol. The van der Waals surface area contributed by atoms with E-state index in [0.29, 0.717) is 31.6 Å². The summed E-state index contributed by atoms with van der Waals surface area (Å²) in [5.74, 6) is 2.15. The molecule has 29 heavy (non-hydrogen) atoms. The van der Waals surface area contributed by atoms with Gasteiger partial charge in [0.2, 0.25) is 5.95 Å². The molecule has 0 unspecified atom stereocenters. The second kappa shape index (κ2) is 10.1. The summed E-state index contributed by atoms with van der Waals surface area (Å²) in [7, 11) is 0. The van der Waals surface area contributed by atoms with Crippen molar-refractivity contribution in [2.24, 2.45) is 5.92 Å². The molecule has 2 heterocycles. The number of hydrogen-bond acceptors (Lipinski definition) is 6. The van der Waals surface area contributed by atoms with Crippen LogP contribution in [0.2, 0.25) is 0 Å². The minimum absolute atomic E-state index is 0.240. The van der Waals surface area contributed by atoms with Crippen molar-refractivity contribution in [3.63, 3.8) is 0 Å². The van der Waals surface area contributed by atoms with Crippen LogP contribution in [0.15, 0.2) is 36.4 Å². The molecular formula is C22H31N5O2. The lowest BCUT2D eigenvalue weighted by atomic mass is 10.1. The van der Waals surface area contributed by atoms with Crippen LogP contribution in [0.1, 0.15) is 27.2 Å². The fourth-order valence-corrected chi connectivity index (χ4v) is 3.24. The van der Waals surface area contributed by atoms with Crippen molar-refractivity contribution >= 4 is 17.9 Å². The maximum atomic E-state index is 12.0. The molecule has 2 aromatic rings. The van der Waals surface area contributed by atoms with E-state index in [2.05, 4.69) is 36.2 Å². The van der Waals surface area contributed by atoms with Crippen LogP contribution in [0.5, 0.6) is 0 Å². The van der Waals surface area contributed by atoms with Gasteiger partial charge >= 0.3 is 6.09 Å². The van der Waals surface area contributed by atoms with Gasteiger partial charge < -0.3 is 19.9 Å². The molecule has 7 heteroatoms. The smallest absolute Gasteiger partial charge is 0.409 e. The van der Waals surface area contributed by atoms with Crippen molar-refractivity contribution in [3.05, 3.63) is 36.4 Å². The van der Waals surface area contributed by atoms with Crippen LogP contribution in [-0.2, 0) is 4.74 Å². The highest BCUT2D eigenvalue weighted by molar-refractivity contribution is 5.68. The van der Waals surface area contributed by atoms with E-state index in [9.17, 15) is 4.79 Å². The molecule has 1 aromatic carbocycles. The number of nitrogens with zero attached hydrogens (tertiary/aromatic N) is 4. The Labute approximate surface area is 173 Å². The van der Waals surface area contributed by atoms with E-state index in [0.717, 1.165) is 43.1 Å². The number of piperazine rings is 1. The van der Waals surface area contributed by atoms with Gasteiger partial charge in [-0.05, 0) is 19.3 Å². The summed E-state index contributed by atoms with van der Waals surface area (Å²) in [6, 6.07) is 12.2. The summed E-state index contributed by atoms with van der Waals surface area (Å²) in [5.41, 5.74) is 1.96. The number of benzene rings is 1. The van der Waals surface area contributed by atoms with Crippen molar-refractivity contribution in [1.29, 1.82) is 0 Å². The number of carbonyl (C=O) groups excluding carboxylic acids is 1. The predicted octanol–water partition coefficient (Wildman–Crippen LogP) is 3.88. The standard InChI is InChI=1S/C22H31N5O2/c1-4-29-22(28)27-14-12-26(13-15-27)20-16-19(18-8-6-5-7-9-18)24-21(25-20)23-11-10-17(2)3/h5-9,16-17H,4,10-15H2,1-3H3,(H,23,24,25). The number of anilines is 2. The lowest BCUT2D eigenvalue weighted by molar-refractivity contribution is 0.105. The maximum absolute atomic E-state index is 12.0. The highest BCUT2D eigenvalue weighted by atomic mass is 16.6. The van der Waals surface area contributed by atoms with E-state index >= 15 is 0 Å². The number of hydrogen-bond donors (Lipinski definition) is 1. The Morgan fingerprint density at radius 1 is 1.14 bits per heavy atom. The Morgan fingerprint density at radius 3 is 2.52 bits per heavy atom. The third-order valence-electron chi connectivity index (χ3n) is 4.92. The fraction of sp³-hybridized carbons (Fsp3) is 0.500. The second-order valence-electron chi connectivity index (χ2n) is 7.58. The first-order chi connectivity index (χ1) is 14.1. The average Bonchev–Trinajstić information content (AvgIpc) is 2.74. The summed E-state index contributed by atoms with van der Waals surface area (Å²) >= 11 is 0. The van der Waals surface area contributed by atoms with Gasteiger partial charge in [-0.2, -0.15) is 4.98 Å². The van der Waals surface area contributed by atoms with E-state index in [1.54, 1.807) is 4.90 Å². The molecule has 0 saturated carbocycles. The lowest BCUT2D eigenvalue weighted by Crippen LogP contribution is -2.49. The van der Waals surface area contributed by atoms with Crippen molar-refractivity contribution in [2.45, 2.75) is 27.2 Å². The van der Waals surface area contributed by atoms with Gasteiger partial charge in [0.25, 0.3) is 0 Å². The molecule has 0 atom stereocenters. The first kappa shape index (κ1) is 20.9. The van der Waals surface area contributed by atoms with Gasteiger partial charge in [0.05, 0.1) is 12.3 Å². The van der Waals surface area contributed by atoms with E-state index in [1.165, 1.54) is 0 Å². The lowest BCUT2D eigenvalue weighted by Gasteiger charge is -2.34. The molecule has 7 nitrogen and oxygen atoms in total. The SMILES string of the molecule is CCOC(=O)N1CCN(c2cc(-c3ccccc3)nc(NCCC(C)C)n2)CC1. The Hall–Kier alpha value is -2.83. The highest BCUT2D eigenvalue weighted by Crippen LogP contribution is 2.24. The van der Waals surface area contributed by atoms with Gasteiger partial charge in [-0.15, -0.1) is 0 Å². The van der Waals surface area contributed by atoms with Crippen LogP contribution in [0.4, 0.5) is 16.6 Å². The van der Waals surface area contributed by atoms with E-state index in [-0.39, 0.29) is 6.09 Å². The van der Waals surface area contributed by atoms with Crippen molar-refractivity contribution < 1.29 is 9.53 Å². The predicted molar refractivity (Wildman–Crippen MR) is 116 cm³/mol. The van der Waals surface area contributed by atoms with E-state index in [1.807, 2.05) is 31.2 Å². The molecule has 0 aliphatic carbocycles. The normalized spacial score (nSPS) is 14.2.